The van der Waals surface area contributed by atoms with Gasteiger partial charge in [0, 0.05) is 18.7 Å². The molecular weight excluding hydrogens is 278 g/mol. The third-order valence-electron chi connectivity index (χ3n) is 3.38. The molecule has 1 aromatic carbocycles. The van der Waals surface area contributed by atoms with Gasteiger partial charge in [-0.25, -0.2) is 0 Å². The van der Waals surface area contributed by atoms with Crippen molar-refractivity contribution in [3.05, 3.63) is 29.3 Å². The highest BCUT2D eigenvalue weighted by atomic mass is 35.5. The Bertz CT molecular complexity index is 516. The van der Waals surface area contributed by atoms with Gasteiger partial charge in [-0.05, 0) is 44.5 Å². The summed E-state index contributed by atoms with van der Waals surface area (Å²) in [6.45, 7) is 6.74. The molecule has 1 fully saturated rings. The Balaban J connectivity index is 2.23. The molecular formula is C15H20ClNO3. The highest BCUT2D eigenvalue weighted by molar-refractivity contribution is 6.18. The lowest BCUT2D eigenvalue weighted by Gasteiger charge is -2.42. The highest BCUT2D eigenvalue weighted by Crippen LogP contribution is 2.25. The fourth-order valence-electron chi connectivity index (χ4n) is 2.59. The molecule has 0 aliphatic carbocycles. The van der Waals surface area contributed by atoms with Crippen LogP contribution in [-0.4, -0.2) is 46.6 Å². The lowest BCUT2D eigenvalue weighted by Crippen LogP contribution is -2.55. The number of halogens is 1. The Hall–Kier alpha value is -1.26. The van der Waals surface area contributed by atoms with Gasteiger partial charge < -0.3 is 14.7 Å². The highest BCUT2D eigenvalue weighted by Gasteiger charge is 2.35. The topological polar surface area (TPSA) is 49.8 Å². The summed E-state index contributed by atoms with van der Waals surface area (Å²) in [5.74, 6) is 0.482. The molecule has 1 aromatic rings. The number of carbonyl (C=O) groups excluding carboxylic acids is 1. The summed E-state index contributed by atoms with van der Waals surface area (Å²) < 4.78 is 5.82. The molecule has 0 saturated carbocycles. The third kappa shape index (κ3) is 3.25. The van der Waals surface area contributed by atoms with Crippen molar-refractivity contribution < 1.29 is 14.6 Å². The molecule has 110 valence electrons. The molecule has 1 aliphatic heterocycles. The zero-order valence-electron chi connectivity index (χ0n) is 12.0. The van der Waals surface area contributed by atoms with Crippen molar-refractivity contribution >= 4 is 17.5 Å². The molecule has 1 amide bonds. The minimum absolute atomic E-state index is 0.0472. The molecule has 1 heterocycles. The van der Waals surface area contributed by atoms with Gasteiger partial charge in [0.05, 0.1) is 17.6 Å². The number of amides is 1. The van der Waals surface area contributed by atoms with Gasteiger partial charge in [-0.2, -0.15) is 0 Å². The van der Waals surface area contributed by atoms with E-state index in [1.54, 1.807) is 17.0 Å². The largest absolute Gasteiger partial charge is 0.508 e. The molecule has 1 aliphatic rings. The van der Waals surface area contributed by atoms with E-state index >= 15 is 0 Å². The van der Waals surface area contributed by atoms with Crippen molar-refractivity contribution in [1.82, 2.24) is 4.90 Å². The van der Waals surface area contributed by atoms with E-state index in [0.717, 1.165) is 5.56 Å². The Kier molecular flexibility index (Phi) is 4.25. The molecule has 0 aromatic heterocycles. The van der Waals surface area contributed by atoms with Crippen LogP contribution in [0.5, 0.6) is 5.75 Å². The van der Waals surface area contributed by atoms with Gasteiger partial charge in [-0.1, -0.05) is 0 Å². The molecule has 2 rings (SSSR count). The van der Waals surface area contributed by atoms with E-state index in [2.05, 4.69) is 0 Å². The predicted molar refractivity (Wildman–Crippen MR) is 78.4 cm³/mol. The van der Waals surface area contributed by atoms with Crippen molar-refractivity contribution in [1.29, 1.82) is 0 Å². The van der Waals surface area contributed by atoms with Crippen LogP contribution in [0.15, 0.2) is 18.2 Å². The summed E-state index contributed by atoms with van der Waals surface area (Å²) in [7, 11) is 0. The molecule has 0 bridgehead atoms. The normalized spacial score (nSPS) is 21.8. The van der Waals surface area contributed by atoms with E-state index < -0.39 is 5.60 Å². The number of hydrogen-bond acceptors (Lipinski definition) is 3. The first-order valence-corrected chi connectivity index (χ1v) is 7.18. The smallest absolute Gasteiger partial charge is 0.254 e. The first-order valence-electron chi connectivity index (χ1n) is 6.65. The zero-order valence-corrected chi connectivity index (χ0v) is 12.8. The van der Waals surface area contributed by atoms with Crippen LogP contribution in [0.1, 0.15) is 29.8 Å². The molecule has 1 saturated heterocycles. The maximum Gasteiger partial charge on any atom is 0.254 e. The van der Waals surface area contributed by atoms with Crippen LogP contribution in [0.25, 0.3) is 0 Å². The molecule has 1 unspecified atom stereocenters. The number of aryl methyl sites for hydroxylation is 1. The average Bonchev–Trinajstić information content (AvgIpc) is 2.36. The first kappa shape index (κ1) is 15.1. The standard InChI is InChI=1S/C15H20ClNO3/c1-10-6-11(18)4-5-13(10)14(19)17-8-12(7-16)20-15(2,3)9-17/h4-6,12,18H,7-9H2,1-3H3. The van der Waals surface area contributed by atoms with Crippen molar-refractivity contribution in [2.24, 2.45) is 0 Å². The minimum atomic E-state index is -0.404. The van der Waals surface area contributed by atoms with Crippen molar-refractivity contribution in [2.75, 3.05) is 19.0 Å². The average molecular weight is 298 g/mol. The number of alkyl halides is 1. The van der Waals surface area contributed by atoms with Crippen LogP contribution in [0.4, 0.5) is 0 Å². The summed E-state index contributed by atoms with van der Waals surface area (Å²) in [5, 5.41) is 9.43. The lowest BCUT2D eigenvalue weighted by atomic mass is 10.0. The second-order valence-corrected chi connectivity index (χ2v) is 6.15. The number of phenols is 1. The van der Waals surface area contributed by atoms with Gasteiger partial charge in [0.1, 0.15) is 5.75 Å². The molecule has 0 spiro atoms. The van der Waals surface area contributed by atoms with Gasteiger partial charge in [0.25, 0.3) is 5.91 Å². The lowest BCUT2D eigenvalue weighted by molar-refractivity contribution is -0.117. The van der Waals surface area contributed by atoms with E-state index in [0.29, 0.717) is 24.5 Å². The summed E-state index contributed by atoms with van der Waals surface area (Å²) in [6.07, 6.45) is -0.151. The number of morpholine rings is 1. The molecule has 20 heavy (non-hydrogen) atoms. The van der Waals surface area contributed by atoms with Crippen LogP contribution in [-0.2, 0) is 4.74 Å². The van der Waals surface area contributed by atoms with Crippen LogP contribution >= 0.6 is 11.6 Å². The fraction of sp³-hybridized carbons (Fsp3) is 0.533. The minimum Gasteiger partial charge on any atom is -0.508 e. The summed E-state index contributed by atoms with van der Waals surface area (Å²) in [5.41, 5.74) is 0.966. The van der Waals surface area contributed by atoms with Crippen LogP contribution in [0.3, 0.4) is 0 Å². The van der Waals surface area contributed by atoms with Gasteiger partial charge in [-0.15, -0.1) is 11.6 Å². The molecule has 4 nitrogen and oxygen atoms in total. The number of aromatic hydroxyl groups is 1. The van der Waals surface area contributed by atoms with E-state index in [-0.39, 0.29) is 17.8 Å². The Morgan fingerprint density at radius 1 is 1.55 bits per heavy atom. The van der Waals surface area contributed by atoms with E-state index in [1.165, 1.54) is 6.07 Å². The summed E-state index contributed by atoms with van der Waals surface area (Å²) in [4.78, 5) is 14.4. The maximum atomic E-state index is 12.6. The van der Waals surface area contributed by atoms with Crippen LogP contribution < -0.4 is 0 Å². The van der Waals surface area contributed by atoms with E-state index in [9.17, 15) is 9.90 Å². The number of phenolic OH excluding ortho intramolecular Hbond substituents is 1. The molecule has 1 N–H and O–H groups in total. The monoisotopic (exact) mass is 297 g/mol. The number of nitrogens with zero attached hydrogens (tertiary/aromatic N) is 1. The van der Waals surface area contributed by atoms with Crippen LogP contribution in [0.2, 0.25) is 0 Å². The van der Waals surface area contributed by atoms with Gasteiger partial charge in [-0.3, -0.25) is 4.79 Å². The number of benzene rings is 1. The van der Waals surface area contributed by atoms with Gasteiger partial charge >= 0.3 is 0 Å². The quantitative estimate of drug-likeness (QED) is 0.854. The zero-order chi connectivity index (χ0) is 14.9. The maximum absolute atomic E-state index is 12.6. The van der Waals surface area contributed by atoms with Gasteiger partial charge in [0.15, 0.2) is 0 Å². The summed E-state index contributed by atoms with van der Waals surface area (Å²) >= 11 is 5.88. The Morgan fingerprint density at radius 2 is 2.25 bits per heavy atom. The number of ether oxygens (including phenoxy) is 1. The van der Waals surface area contributed by atoms with Gasteiger partial charge in [0.2, 0.25) is 0 Å². The second-order valence-electron chi connectivity index (χ2n) is 5.84. The van der Waals surface area contributed by atoms with E-state index in [1.807, 2.05) is 20.8 Å². The molecule has 0 radical (unpaired) electrons. The van der Waals surface area contributed by atoms with E-state index in [4.69, 9.17) is 16.3 Å². The van der Waals surface area contributed by atoms with Crippen molar-refractivity contribution in [3.8, 4) is 5.75 Å². The molecule has 1 atom stereocenters. The summed E-state index contributed by atoms with van der Waals surface area (Å²) in [6, 6.07) is 4.79. The number of carbonyl (C=O) groups is 1. The number of hydrogen-bond donors (Lipinski definition) is 1. The second kappa shape index (κ2) is 5.62. The number of rotatable bonds is 2. The third-order valence-corrected chi connectivity index (χ3v) is 3.73. The van der Waals surface area contributed by atoms with Crippen molar-refractivity contribution in [3.63, 3.8) is 0 Å². The van der Waals surface area contributed by atoms with Crippen LogP contribution in [0, 0.1) is 6.92 Å². The molecule has 5 heteroatoms. The first-order chi connectivity index (χ1) is 9.32. The SMILES string of the molecule is Cc1cc(O)ccc1C(=O)N1CC(CCl)OC(C)(C)C1. The Labute approximate surface area is 124 Å². The Morgan fingerprint density at radius 3 is 2.85 bits per heavy atom. The fourth-order valence-corrected chi connectivity index (χ4v) is 2.75. The predicted octanol–water partition coefficient (Wildman–Crippen LogP) is 2.56. The van der Waals surface area contributed by atoms with Crippen molar-refractivity contribution in [2.45, 2.75) is 32.5 Å².